The predicted octanol–water partition coefficient (Wildman–Crippen LogP) is 5.78. The fourth-order valence-corrected chi connectivity index (χ4v) is 5.36. The highest BCUT2D eigenvalue weighted by Crippen LogP contribution is 2.46. The van der Waals surface area contributed by atoms with Gasteiger partial charge in [-0.25, -0.2) is 4.79 Å². The average Bonchev–Trinajstić information content (AvgIpc) is 2.85. The van der Waals surface area contributed by atoms with Crippen molar-refractivity contribution in [3.8, 4) is 11.5 Å². The van der Waals surface area contributed by atoms with Gasteiger partial charge < -0.3 is 19.5 Å². The van der Waals surface area contributed by atoms with Crippen LogP contribution in [-0.4, -0.2) is 32.6 Å². The standard InChI is InChI=1S/C28H30BrNO5/c1-5-11-35-28(32)25-16(2)30-21-13-19(17-9-10-23(33-3)24(15-17)34-4)14-22(31)27(21)26(25)18-7-6-8-20(29)12-18/h6-10,12,15,19,26,30H,5,11,13-14H2,1-4H3. The summed E-state index contributed by atoms with van der Waals surface area (Å²) in [5.74, 6) is 0.431. The van der Waals surface area contributed by atoms with Crippen molar-refractivity contribution in [2.75, 3.05) is 20.8 Å². The minimum absolute atomic E-state index is 0.0156. The van der Waals surface area contributed by atoms with E-state index in [4.69, 9.17) is 14.2 Å². The smallest absolute Gasteiger partial charge is 0.336 e. The van der Waals surface area contributed by atoms with E-state index < -0.39 is 5.92 Å². The molecule has 1 aliphatic heterocycles. The second kappa shape index (κ2) is 10.7. The number of allylic oxidation sites excluding steroid dienone is 3. The van der Waals surface area contributed by atoms with Crippen LogP contribution in [0.5, 0.6) is 11.5 Å². The first-order chi connectivity index (χ1) is 16.9. The zero-order valence-electron chi connectivity index (χ0n) is 20.4. The first-order valence-electron chi connectivity index (χ1n) is 11.8. The molecule has 2 aromatic rings. The van der Waals surface area contributed by atoms with Gasteiger partial charge in [-0.05, 0) is 61.1 Å². The Morgan fingerprint density at radius 3 is 2.51 bits per heavy atom. The van der Waals surface area contributed by atoms with Crippen molar-refractivity contribution < 1.29 is 23.8 Å². The monoisotopic (exact) mass is 539 g/mol. The molecule has 1 aliphatic carbocycles. The van der Waals surface area contributed by atoms with Crippen LogP contribution in [0.4, 0.5) is 0 Å². The number of rotatable bonds is 7. The van der Waals surface area contributed by atoms with Crippen molar-refractivity contribution >= 4 is 27.7 Å². The number of dihydropyridines is 1. The molecule has 4 rings (SSSR count). The van der Waals surface area contributed by atoms with E-state index in [2.05, 4.69) is 21.2 Å². The molecule has 6 nitrogen and oxygen atoms in total. The minimum Gasteiger partial charge on any atom is -0.493 e. The molecule has 184 valence electrons. The molecule has 2 unspecified atom stereocenters. The molecule has 2 aliphatic rings. The lowest BCUT2D eigenvalue weighted by molar-refractivity contribution is -0.139. The Balaban J connectivity index is 1.76. The van der Waals surface area contributed by atoms with Gasteiger partial charge in [0.25, 0.3) is 0 Å². The van der Waals surface area contributed by atoms with E-state index in [1.54, 1.807) is 14.2 Å². The van der Waals surface area contributed by atoms with Gasteiger partial charge >= 0.3 is 5.97 Å². The normalized spacial score (nSPS) is 19.7. The van der Waals surface area contributed by atoms with Crippen molar-refractivity contribution in [2.45, 2.75) is 44.9 Å². The molecule has 2 atom stereocenters. The Bertz CT molecular complexity index is 1220. The van der Waals surface area contributed by atoms with Gasteiger partial charge in [-0.3, -0.25) is 4.79 Å². The number of esters is 1. The molecule has 0 amide bonds. The van der Waals surface area contributed by atoms with Crippen LogP contribution in [0.15, 0.2) is 69.5 Å². The fraction of sp³-hybridized carbons (Fsp3) is 0.357. The molecule has 7 heteroatoms. The minimum atomic E-state index is -0.480. The summed E-state index contributed by atoms with van der Waals surface area (Å²) in [4.78, 5) is 26.8. The Morgan fingerprint density at radius 1 is 1.06 bits per heavy atom. The van der Waals surface area contributed by atoms with Gasteiger partial charge in [-0.1, -0.05) is 41.1 Å². The first kappa shape index (κ1) is 25.0. The lowest BCUT2D eigenvalue weighted by Gasteiger charge is -2.36. The maximum atomic E-state index is 13.7. The number of methoxy groups -OCH3 is 2. The SMILES string of the molecule is CCCOC(=O)C1=C(C)NC2=C(C(=O)CC(c3ccc(OC)c(OC)c3)C2)C1c1cccc(Br)c1. The van der Waals surface area contributed by atoms with E-state index in [1.807, 2.05) is 56.3 Å². The van der Waals surface area contributed by atoms with Crippen LogP contribution in [0.25, 0.3) is 0 Å². The Morgan fingerprint density at radius 2 is 1.83 bits per heavy atom. The van der Waals surface area contributed by atoms with E-state index in [0.29, 0.717) is 42.1 Å². The molecule has 0 saturated carbocycles. The van der Waals surface area contributed by atoms with Gasteiger partial charge in [0.15, 0.2) is 17.3 Å². The zero-order valence-corrected chi connectivity index (χ0v) is 22.0. The van der Waals surface area contributed by atoms with Crippen molar-refractivity contribution in [2.24, 2.45) is 0 Å². The average molecular weight is 540 g/mol. The molecule has 1 N–H and O–H groups in total. The highest BCUT2D eigenvalue weighted by Gasteiger charge is 2.41. The van der Waals surface area contributed by atoms with Gasteiger partial charge in [0.1, 0.15) is 0 Å². The number of nitrogens with one attached hydrogen (secondary N) is 1. The Labute approximate surface area is 214 Å². The summed E-state index contributed by atoms with van der Waals surface area (Å²) in [6.07, 6.45) is 1.72. The Kier molecular flexibility index (Phi) is 7.65. The number of carbonyl (C=O) groups is 2. The molecular weight excluding hydrogens is 510 g/mol. The second-order valence-corrected chi connectivity index (χ2v) is 9.74. The summed E-state index contributed by atoms with van der Waals surface area (Å²) in [5.41, 5.74) is 4.61. The number of Topliss-reactive ketones (excluding diaryl/α,β-unsaturated/α-hetero) is 1. The summed E-state index contributed by atoms with van der Waals surface area (Å²) < 4.78 is 17.3. The van der Waals surface area contributed by atoms with Crippen molar-refractivity contribution in [1.29, 1.82) is 0 Å². The third kappa shape index (κ3) is 5.01. The number of benzene rings is 2. The van der Waals surface area contributed by atoms with Crippen LogP contribution in [-0.2, 0) is 14.3 Å². The summed E-state index contributed by atoms with van der Waals surface area (Å²) in [6, 6.07) is 13.6. The van der Waals surface area contributed by atoms with Gasteiger partial charge in [0.2, 0.25) is 0 Å². The molecular formula is C28H30BrNO5. The maximum absolute atomic E-state index is 13.7. The van der Waals surface area contributed by atoms with Crippen LogP contribution < -0.4 is 14.8 Å². The summed E-state index contributed by atoms with van der Waals surface area (Å²) in [7, 11) is 3.21. The van der Waals surface area contributed by atoms with Crippen LogP contribution >= 0.6 is 15.9 Å². The summed E-state index contributed by atoms with van der Waals surface area (Å²) in [5, 5.41) is 3.39. The van der Waals surface area contributed by atoms with Crippen LogP contribution in [0.2, 0.25) is 0 Å². The Hall–Kier alpha value is -3.06. The largest absolute Gasteiger partial charge is 0.493 e. The second-order valence-electron chi connectivity index (χ2n) is 8.82. The van der Waals surface area contributed by atoms with Crippen LogP contribution in [0.3, 0.4) is 0 Å². The number of hydrogen-bond donors (Lipinski definition) is 1. The molecule has 0 fully saturated rings. The third-order valence-corrected chi connectivity index (χ3v) is 7.04. The highest BCUT2D eigenvalue weighted by atomic mass is 79.9. The van der Waals surface area contributed by atoms with Gasteiger partial charge in [0, 0.05) is 33.8 Å². The van der Waals surface area contributed by atoms with E-state index in [9.17, 15) is 9.59 Å². The summed E-state index contributed by atoms with van der Waals surface area (Å²) >= 11 is 3.54. The lowest BCUT2D eigenvalue weighted by atomic mass is 9.71. The molecule has 0 aromatic heterocycles. The highest BCUT2D eigenvalue weighted by molar-refractivity contribution is 9.10. The quantitative estimate of drug-likeness (QED) is 0.449. The molecule has 1 heterocycles. The van der Waals surface area contributed by atoms with Crippen molar-refractivity contribution in [3.63, 3.8) is 0 Å². The number of carbonyl (C=O) groups excluding carboxylic acids is 2. The molecule has 0 saturated heterocycles. The van der Waals surface area contributed by atoms with Crippen molar-refractivity contribution in [1.82, 2.24) is 5.32 Å². The van der Waals surface area contributed by atoms with E-state index in [0.717, 1.165) is 33.4 Å². The maximum Gasteiger partial charge on any atom is 0.336 e. The van der Waals surface area contributed by atoms with Crippen LogP contribution in [0.1, 0.15) is 56.1 Å². The van der Waals surface area contributed by atoms with E-state index in [-0.39, 0.29) is 17.7 Å². The molecule has 0 radical (unpaired) electrons. The molecule has 0 spiro atoms. The van der Waals surface area contributed by atoms with E-state index in [1.165, 1.54) is 0 Å². The zero-order chi connectivity index (χ0) is 25.1. The molecule has 2 aromatic carbocycles. The summed E-state index contributed by atoms with van der Waals surface area (Å²) in [6.45, 7) is 4.17. The predicted molar refractivity (Wildman–Crippen MR) is 138 cm³/mol. The van der Waals surface area contributed by atoms with Gasteiger partial charge in [0.05, 0.1) is 26.4 Å². The fourth-order valence-electron chi connectivity index (χ4n) is 4.94. The van der Waals surface area contributed by atoms with E-state index >= 15 is 0 Å². The first-order valence-corrected chi connectivity index (χ1v) is 12.6. The van der Waals surface area contributed by atoms with Crippen LogP contribution in [0, 0.1) is 0 Å². The molecule has 0 bridgehead atoms. The third-order valence-electron chi connectivity index (χ3n) is 6.55. The van der Waals surface area contributed by atoms with Gasteiger partial charge in [-0.2, -0.15) is 0 Å². The van der Waals surface area contributed by atoms with Crippen molar-refractivity contribution in [3.05, 3.63) is 80.6 Å². The lowest BCUT2D eigenvalue weighted by Crippen LogP contribution is -2.36. The number of hydrogen-bond acceptors (Lipinski definition) is 6. The molecule has 35 heavy (non-hydrogen) atoms. The van der Waals surface area contributed by atoms with Gasteiger partial charge in [-0.15, -0.1) is 0 Å². The topological polar surface area (TPSA) is 73.9 Å². The number of ketones is 1. The number of ether oxygens (including phenoxy) is 3. The number of halogens is 1.